The number of hydrazine groups is 1. The Hall–Kier alpha value is -2.89. The summed E-state index contributed by atoms with van der Waals surface area (Å²) >= 11 is 7.57. The maximum atomic E-state index is 12.8. The molecule has 0 aliphatic heterocycles. The molecule has 0 aliphatic rings. The highest BCUT2D eigenvalue weighted by molar-refractivity contribution is 7.13. The van der Waals surface area contributed by atoms with Crippen LogP contribution in [0.4, 0.5) is 5.69 Å². The van der Waals surface area contributed by atoms with Crippen molar-refractivity contribution in [3.8, 4) is 10.6 Å². The van der Waals surface area contributed by atoms with Gasteiger partial charge < -0.3 is 0 Å². The summed E-state index contributed by atoms with van der Waals surface area (Å²) in [5.74, 6) is -0.235. The second-order valence-electron chi connectivity index (χ2n) is 5.64. The molecule has 1 amide bonds. The van der Waals surface area contributed by atoms with Crippen LogP contribution in [0.5, 0.6) is 0 Å². The molecule has 4 nitrogen and oxygen atoms in total. The zero-order chi connectivity index (χ0) is 17.9. The summed E-state index contributed by atoms with van der Waals surface area (Å²) in [6, 6.07) is 20.6. The first-order valence-corrected chi connectivity index (χ1v) is 9.22. The highest BCUT2D eigenvalue weighted by Crippen LogP contribution is 2.27. The Bertz CT molecular complexity index is 1080. The predicted molar refractivity (Wildman–Crippen MR) is 108 cm³/mol. The summed E-state index contributed by atoms with van der Waals surface area (Å²) < 4.78 is 0. The maximum absolute atomic E-state index is 12.8. The van der Waals surface area contributed by atoms with Gasteiger partial charge in [-0.05, 0) is 41.8 Å². The van der Waals surface area contributed by atoms with E-state index in [0.717, 1.165) is 21.5 Å². The summed E-state index contributed by atoms with van der Waals surface area (Å²) in [6.07, 6.45) is 0. The molecule has 26 heavy (non-hydrogen) atoms. The Morgan fingerprint density at radius 1 is 1.00 bits per heavy atom. The number of fused-ring (bicyclic) bond motifs is 1. The second kappa shape index (κ2) is 7.15. The number of amides is 1. The van der Waals surface area contributed by atoms with Crippen LogP contribution in [0, 0.1) is 0 Å². The van der Waals surface area contributed by atoms with Crippen LogP contribution in [0.1, 0.15) is 10.4 Å². The van der Waals surface area contributed by atoms with Gasteiger partial charge in [0.15, 0.2) is 0 Å². The van der Waals surface area contributed by atoms with Crippen LogP contribution in [-0.4, -0.2) is 10.9 Å². The van der Waals surface area contributed by atoms with E-state index in [4.69, 9.17) is 11.6 Å². The number of para-hydroxylation sites is 1. The first-order valence-electron chi connectivity index (χ1n) is 7.96. The number of aromatic nitrogens is 1. The molecule has 0 atom stereocenters. The van der Waals surface area contributed by atoms with Crippen LogP contribution in [0.15, 0.2) is 72.1 Å². The summed E-state index contributed by atoms with van der Waals surface area (Å²) in [4.78, 5) is 18.5. The van der Waals surface area contributed by atoms with Crippen molar-refractivity contribution in [2.24, 2.45) is 0 Å². The minimum Gasteiger partial charge on any atom is -0.298 e. The fourth-order valence-corrected chi connectivity index (χ4v) is 3.55. The van der Waals surface area contributed by atoms with Gasteiger partial charge in [-0.3, -0.25) is 15.6 Å². The first-order chi connectivity index (χ1) is 12.7. The van der Waals surface area contributed by atoms with Crippen molar-refractivity contribution in [1.82, 2.24) is 10.4 Å². The average molecular weight is 380 g/mol. The molecule has 4 rings (SSSR count). The van der Waals surface area contributed by atoms with Crippen molar-refractivity contribution in [3.05, 3.63) is 82.7 Å². The molecule has 0 saturated carbocycles. The summed E-state index contributed by atoms with van der Waals surface area (Å²) in [5.41, 5.74) is 8.48. The smallest absolute Gasteiger partial charge is 0.270 e. The number of pyridine rings is 1. The van der Waals surface area contributed by atoms with Gasteiger partial charge >= 0.3 is 0 Å². The van der Waals surface area contributed by atoms with Gasteiger partial charge in [-0.2, -0.15) is 0 Å². The number of rotatable bonds is 4. The minimum absolute atomic E-state index is 0.235. The molecular weight excluding hydrogens is 366 g/mol. The molecule has 0 saturated heterocycles. The van der Waals surface area contributed by atoms with Crippen LogP contribution >= 0.6 is 22.9 Å². The lowest BCUT2D eigenvalue weighted by atomic mass is 10.1. The van der Waals surface area contributed by atoms with Crippen LogP contribution < -0.4 is 10.9 Å². The fourth-order valence-electron chi connectivity index (χ4n) is 2.68. The number of carbonyl (C=O) groups is 1. The Labute approximate surface area is 159 Å². The van der Waals surface area contributed by atoms with Crippen LogP contribution in [0.2, 0.25) is 5.02 Å². The van der Waals surface area contributed by atoms with Crippen molar-refractivity contribution in [1.29, 1.82) is 0 Å². The summed E-state index contributed by atoms with van der Waals surface area (Å²) in [5, 5.41) is 3.39. The van der Waals surface area contributed by atoms with Crippen molar-refractivity contribution in [2.45, 2.75) is 0 Å². The lowest BCUT2D eigenvalue weighted by molar-refractivity contribution is 0.0964. The third-order valence-electron chi connectivity index (χ3n) is 3.88. The zero-order valence-corrected chi connectivity index (χ0v) is 15.1. The first kappa shape index (κ1) is 16.6. The van der Waals surface area contributed by atoms with Crippen molar-refractivity contribution in [2.75, 3.05) is 5.43 Å². The van der Waals surface area contributed by atoms with E-state index < -0.39 is 0 Å². The molecule has 2 aromatic carbocycles. The third kappa shape index (κ3) is 3.40. The van der Waals surface area contributed by atoms with Crippen LogP contribution in [0.25, 0.3) is 21.5 Å². The highest BCUT2D eigenvalue weighted by Gasteiger charge is 2.14. The van der Waals surface area contributed by atoms with E-state index in [2.05, 4.69) is 15.8 Å². The Morgan fingerprint density at radius 3 is 2.69 bits per heavy atom. The average Bonchev–Trinajstić information content (AvgIpc) is 3.20. The molecule has 0 unspecified atom stereocenters. The van der Waals surface area contributed by atoms with E-state index in [1.165, 1.54) is 0 Å². The molecule has 0 radical (unpaired) electrons. The number of anilines is 1. The van der Waals surface area contributed by atoms with Crippen molar-refractivity contribution >= 4 is 45.4 Å². The molecule has 4 aromatic rings. The molecular formula is C20H14ClN3OS. The number of carbonyl (C=O) groups excluding carboxylic acids is 1. The van der Waals surface area contributed by atoms with E-state index in [9.17, 15) is 4.79 Å². The quantitative estimate of drug-likeness (QED) is 0.468. The van der Waals surface area contributed by atoms with Gasteiger partial charge in [0, 0.05) is 10.4 Å². The number of halogens is 1. The molecule has 0 fully saturated rings. The molecule has 0 spiro atoms. The number of thiophene rings is 1. The number of benzene rings is 2. The highest BCUT2D eigenvalue weighted by atomic mass is 35.5. The van der Waals surface area contributed by atoms with E-state index in [-0.39, 0.29) is 5.91 Å². The van der Waals surface area contributed by atoms with Crippen LogP contribution in [0.3, 0.4) is 0 Å². The fraction of sp³-hybridized carbons (Fsp3) is 0. The third-order valence-corrected chi connectivity index (χ3v) is 5.01. The minimum atomic E-state index is -0.235. The molecule has 6 heteroatoms. The van der Waals surface area contributed by atoms with Gasteiger partial charge in [0.05, 0.1) is 27.3 Å². The lowest BCUT2D eigenvalue weighted by Crippen LogP contribution is -2.29. The zero-order valence-electron chi connectivity index (χ0n) is 13.6. The topological polar surface area (TPSA) is 54.0 Å². The largest absolute Gasteiger partial charge is 0.298 e. The Balaban J connectivity index is 1.69. The number of hydrogen-bond acceptors (Lipinski definition) is 4. The summed E-state index contributed by atoms with van der Waals surface area (Å²) in [7, 11) is 0. The van der Waals surface area contributed by atoms with Crippen molar-refractivity contribution < 1.29 is 4.79 Å². The van der Waals surface area contributed by atoms with Gasteiger partial charge in [0.2, 0.25) is 0 Å². The van der Waals surface area contributed by atoms with Crippen LogP contribution in [-0.2, 0) is 0 Å². The van der Waals surface area contributed by atoms with Gasteiger partial charge in [0.25, 0.3) is 5.91 Å². The number of hydrogen-bond donors (Lipinski definition) is 2. The van der Waals surface area contributed by atoms with E-state index in [1.54, 1.807) is 23.5 Å². The Kier molecular flexibility index (Phi) is 4.56. The van der Waals surface area contributed by atoms with Gasteiger partial charge in [0.1, 0.15) is 0 Å². The standard InChI is InChI=1S/C20H14ClN3OS/c21-13-5-3-6-14(11-13)23-24-20(25)16-12-18(19-9-4-10-26-19)22-17-8-2-1-7-15(16)17/h1-12,23H,(H,24,25). The Morgan fingerprint density at radius 2 is 1.88 bits per heavy atom. The predicted octanol–water partition coefficient (Wildman–Crippen LogP) is 5.37. The van der Waals surface area contributed by atoms with E-state index >= 15 is 0 Å². The molecule has 0 bridgehead atoms. The second-order valence-corrected chi connectivity index (χ2v) is 7.02. The monoisotopic (exact) mass is 379 g/mol. The molecule has 0 aliphatic carbocycles. The molecule has 2 aromatic heterocycles. The van der Waals surface area contributed by atoms with E-state index in [1.807, 2.05) is 60.0 Å². The number of nitrogens with one attached hydrogen (secondary N) is 2. The molecule has 2 N–H and O–H groups in total. The summed E-state index contributed by atoms with van der Waals surface area (Å²) in [6.45, 7) is 0. The lowest BCUT2D eigenvalue weighted by Gasteiger charge is -2.11. The van der Waals surface area contributed by atoms with Gasteiger partial charge in [-0.15, -0.1) is 11.3 Å². The van der Waals surface area contributed by atoms with E-state index in [0.29, 0.717) is 16.3 Å². The molecule has 2 heterocycles. The maximum Gasteiger partial charge on any atom is 0.270 e. The van der Waals surface area contributed by atoms with Gasteiger partial charge in [-0.25, -0.2) is 4.98 Å². The van der Waals surface area contributed by atoms with Crippen molar-refractivity contribution in [3.63, 3.8) is 0 Å². The molecule has 128 valence electrons. The SMILES string of the molecule is O=C(NNc1cccc(Cl)c1)c1cc(-c2cccs2)nc2ccccc12. The van der Waals surface area contributed by atoms with Gasteiger partial charge in [-0.1, -0.05) is 41.9 Å². The normalized spacial score (nSPS) is 10.7. The number of nitrogens with zero attached hydrogens (tertiary/aromatic N) is 1.